The first-order valence-electron chi connectivity index (χ1n) is 8.24. The van der Waals surface area contributed by atoms with Crippen LogP contribution < -0.4 is 0 Å². The lowest BCUT2D eigenvalue weighted by Gasteiger charge is -2.18. The van der Waals surface area contributed by atoms with Crippen LogP contribution in [0.25, 0.3) is 0 Å². The lowest BCUT2D eigenvalue weighted by atomic mass is 9.86. The Morgan fingerprint density at radius 1 is 1.00 bits per heavy atom. The molecule has 132 valence electrons. The second-order valence-electron chi connectivity index (χ2n) is 5.99. The summed E-state index contributed by atoms with van der Waals surface area (Å²) in [4.78, 5) is 19.8. The molecule has 4 atom stereocenters. The van der Waals surface area contributed by atoms with Gasteiger partial charge < -0.3 is 19.7 Å². The number of carbonyl (C=O) groups is 2. The number of rotatable bonds is 4. The van der Waals surface area contributed by atoms with Crippen molar-refractivity contribution in [3.05, 3.63) is 36.5 Å². The number of hydrogen-bond donors (Lipinski definition) is 2. The molecule has 0 aromatic carbocycles. The van der Waals surface area contributed by atoms with Crippen LogP contribution in [0.3, 0.4) is 0 Å². The lowest BCUT2D eigenvalue weighted by molar-refractivity contribution is -0.150. The minimum Gasteiger partial charge on any atom is -0.394 e. The standard InChI is InChI=1S/C10H12.C4H2O3.C4H10O3/c1-2-9-7-4-5-8(6-7)10(9)3-1;5-3-1-2-4(6)7-3;5-1-3-7-4-2-6/h1-2,4-5,7-10H,3,6H2;1-2H;5-6H,1-4H2. The van der Waals surface area contributed by atoms with Crippen molar-refractivity contribution in [2.24, 2.45) is 23.7 Å². The molecule has 0 saturated heterocycles. The average Bonchev–Trinajstić information content (AvgIpc) is 3.31. The van der Waals surface area contributed by atoms with Gasteiger partial charge in [0.25, 0.3) is 0 Å². The smallest absolute Gasteiger partial charge is 0.338 e. The van der Waals surface area contributed by atoms with Gasteiger partial charge >= 0.3 is 11.9 Å². The van der Waals surface area contributed by atoms with Crippen LogP contribution in [0.5, 0.6) is 0 Å². The Morgan fingerprint density at radius 3 is 2.12 bits per heavy atom. The normalized spacial score (nSPS) is 30.6. The second kappa shape index (κ2) is 9.52. The topological polar surface area (TPSA) is 93.1 Å². The molecule has 4 rings (SSSR count). The molecule has 24 heavy (non-hydrogen) atoms. The highest BCUT2D eigenvalue weighted by Crippen LogP contribution is 2.52. The quantitative estimate of drug-likeness (QED) is 0.344. The lowest BCUT2D eigenvalue weighted by Crippen LogP contribution is -2.12. The third-order valence-electron chi connectivity index (χ3n) is 4.48. The zero-order valence-corrected chi connectivity index (χ0v) is 13.5. The summed E-state index contributed by atoms with van der Waals surface area (Å²) in [6, 6.07) is 0. The van der Waals surface area contributed by atoms with Crippen molar-refractivity contribution in [2.75, 3.05) is 26.4 Å². The van der Waals surface area contributed by atoms with Gasteiger partial charge in [-0.05, 0) is 36.5 Å². The summed E-state index contributed by atoms with van der Waals surface area (Å²) in [5, 5.41) is 16.2. The Hall–Kier alpha value is -1.76. The molecule has 2 N–H and O–H groups in total. The third kappa shape index (κ3) is 5.12. The fourth-order valence-corrected chi connectivity index (χ4v) is 3.51. The van der Waals surface area contributed by atoms with Crippen molar-refractivity contribution in [2.45, 2.75) is 12.8 Å². The number of allylic oxidation sites excluding steroid dienone is 4. The maximum atomic E-state index is 9.92. The predicted octanol–water partition coefficient (Wildman–Crippen LogP) is 0.998. The fraction of sp³-hybridized carbons (Fsp3) is 0.556. The first kappa shape index (κ1) is 18.6. The maximum Gasteiger partial charge on any atom is 0.338 e. The van der Waals surface area contributed by atoms with Gasteiger partial charge in [-0.2, -0.15) is 0 Å². The first-order chi connectivity index (χ1) is 11.7. The van der Waals surface area contributed by atoms with E-state index in [0.717, 1.165) is 35.8 Å². The van der Waals surface area contributed by atoms with Crippen molar-refractivity contribution in [3.63, 3.8) is 0 Å². The molecule has 4 aliphatic rings. The molecule has 2 bridgehead atoms. The molecule has 6 nitrogen and oxygen atoms in total. The number of aliphatic hydroxyl groups excluding tert-OH is 2. The highest BCUT2D eigenvalue weighted by atomic mass is 16.6. The summed E-state index contributed by atoms with van der Waals surface area (Å²) in [6.45, 7) is 0.696. The fourth-order valence-electron chi connectivity index (χ4n) is 3.51. The van der Waals surface area contributed by atoms with Crippen LogP contribution in [0.15, 0.2) is 36.5 Å². The van der Waals surface area contributed by atoms with Crippen LogP contribution in [0.1, 0.15) is 12.8 Å². The molecular formula is C18H24O6. The van der Waals surface area contributed by atoms with E-state index in [1.165, 1.54) is 12.8 Å². The van der Waals surface area contributed by atoms with Crippen molar-refractivity contribution >= 4 is 11.9 Å². The van der Waals surface area contributed by atoms with Crippen molar-refractivity contribution in [3.8, 4) is 0 Å². The van der Waals surface area contributed by atoms with E-state index in [9.17, 15) is 9.59 Å². The van der Waals surface area contributed by atoms with E-state index in [1.54, 1.807) is 0 Å². The van der Waals surface area contributed by atoms with Gasteiger partial charge in [0.15, 0.2) is 0 Å². The van der Waals surface area contributed by atoms with Gasteiger partial charge in [0.2, 0.25) is 0 Å². The van der Waals surface area contributed by atoms with Gasteiger partial charge in [0.1, 0.15) is 0 Å². The van der Waals surface area contributed by atoms with Gasteiger partial charge in [-0.3, -0.25) is 0 Å². The van der Waals surface area contributed by atoms with Gasteiger partial charge in [0, 0.05) is 12.2 Å². The molecule has 0 aromatic heterocycles. The molecule has 1 saturated carbocycles. The van der Waals surface area contributed by atoms with Crippen LogP contribution >= 0.6 is 0 Å². The van der Waals surface area contributed by atoms with Gasteiger partial charge in [-0.15, -0.1) is 0 Å². The Bertz CT molecular complexity index is 502. The third-order valence-corrected chi connectivity index (χ3v) is 4.48. The van der Waals surface area contributed by atoms with Gasteiger partial charge in [0.05, 0.1) is 26.4 Å². The van der Waals surface area contributed by atoms with Crippen LogP contribution in [-0.2, 0) is 19.1 Å². The number of aliphatic hydroxyl groups is 2. The Kier molecular flexibility index (Phi) is 7.36. The number of esters is 2. The summed E-state index contributed by atoms with van der Waals surface area (Å²) in [7, 11) is 0. The number of cyclic esters (lactones) is 2. The molecule has 3 aliphatic carbocycles. The second-order valence-corrected chi connectivity index (χ2v) is 5.99. The molecular weight excluding hydrogens is 312 g/mol. The van der Waals surface area contributed by atoms with Crippen LogP contribution in [0.2, 0.25) is 0 Å². The number of fused-ring (bicyclic) bond motifs is 5. The molecule has 1 fully saturated rings. The summed E-state index contributed by atoms with van der Waals surface area (Å²) >= 11 is 0. The van der Waals surface area contributed by atoms with Crippen LogP contribution in [0, 0.1) is 23.7 Å². The first-order valence-corrected chi connectivity index (χ1v) is 8.24. The zero-order valence-electron chi connectivity index (χ0n) is 13.5. The Labute approximate surface area is 141 Å². The van der Waals surface area contributed by atoms with Gasteiger partial charge in [-0.25, -0.2) is 9.59 Å². The summed E-state index contributed by atoms with van der Waals surface area (Å²) in [5.74, 6) is 2.67. The minimum absolute atomic E-state index is 0.0278. The van der Waals surface area contributed by atoms with Crippen LogP contribution in [-0.4, -0.2) is 48.6 Å². The highest BCUT2D eigenvalue weighted by molar-refractivity contribution is 6.04. The van der Waals surface area contributed by atoms with Crippen molar-refractivity contribution in [1.29, 1.82) is 0 Å². The molecule has 1 aliphatic heterocycles. The molecule has 6 heteroatoms. The predicted molar refractivity (Wildman–Crippen MR) is 86.7 cm³/mol. The maximum absolute atomic E-state index is 9.92. The molecule has 4 unspecified atom stereocenters. The number of carbonyl (C=O) groups excluding carboxylic acids is 2. The SMILES string of the molecule is C1=CC2C3C=CC(C3)C2C1.O=C1C=CC(=O)O1.OCCOCCO. The van der Waals surface area contributed by atoms with E-state index < -0.39 is 11.9 Å². The molecule has 0 radical (unpaired) electrons. The molecule has 0 aromatic rings. The highest BCUT2D eigenvalue weighted by Gasteiger charge is 2.44. The van der Waals surface area contributed by atoms with E-state index in [1.807, 2.05) is 0 Å². The summed E-state index contributed by atoms with van der Waals surface area (Å²) in [6.07, 6.45) is 14.7. The van der Waals surface area contributed by atoms with Crippen LogP contribution in [0.4, 0.5) is 0 Å². The van der Waals surface area contributed by atoms with E-state index in [-0.39, 0.29) is 13.2 Å². The monoisotopic (exact) mass is 336 g/mol. The summed E-state index contributed by atoms with van der Waals surface area (Å²) in [5.41, 5.74) is 0. The number of ether oxygens (including phenoxy) is 2. The average molecular weight is 336 g/mol. The molecule has 0 amide bonds. The zero-order chi connectivity index (χ0) is 17.4. The summed E-state index contributed by atoms with van der Waals surface area (Å²) < 4.78 is 8.60. The van der Waals surface area contributed by atoms with E-state index in [4.69, 9.17) is 10.2 Å². The Morgan fingerprint density at radius 2 is 1.62 bits per heavy atom. The van der Waals surface area contributed by atoms with E-state index in [0.29, 0.717) is 13.2 Å². The van der Waals surface area contributed by atoms with Gasteiger partial charge in [-0.1, -0.05) is 24.3 Å². The Balaban J connectivity index is 0.000000135. The molecule has 1 heterocycles. The minimum atomic E-state index is -0.579. The van der Waals surface area contributed by atoms with E-state index in [2.05, 4.69) is 33.8 Å². The van der Waals surface area contributed by atoms with Crippen molar-refractivity contribution in [1.82, 2.24) is 0 Å². The van der Waals surface area contributed by atoms with Crippen molar-refractivity contribution < 1.29 is 29.3 Å². The largest absolute Gasteiger partial charge is 0.394 e. The van der Waals surface area contributed by atoms with E-state index >= 15 is 0 Å². The number of hydrogen-bond acceptors (Lipinski definition) is 6. The molecule has 0 spiro atoms.